The number of carbonyl (C=O) groups is 1. The molecule has 0 spiro atoms. The Morgan fingerprint density at radius 2 is 1.81 bits per heavy atom. The number of rotatable bonds is 6. The van der Waals surface area contributed by atoms with Gasteiger partial charge in [-0.3, -0.25) is 4.79 Å². The van der Waals surface area contributed by atoms with Gasteiger partial charge in [-0.2, -0.15) is 0 Å². The highest BCUT2D eigenvalue weighted by molar-refractivity contribution is 5.86. The van der Waals surface area contributed by atoms with E-state index in [0.29, 0.717) is 18.7 Å². The molecule has 2 aromatic heterocycles. The van der Waals surface area contributed by atoms with E-state index >= 15 is 0 Å². The lowest BCUT2D eigenvalue weighted by Gasteiger charge is -2.33. The number of hydrogen-bond donors (Lipinski definition) is 1. The van der Waals surface area contributed by atoms with Crippen LogP contribution in [-0.2, 0) is 18.3 Å². The predicted octanol–water partition coefficient (Wildman–Crippen LogP) is 3.86. The van der Waals surface area contributed by atoms with E-state index in [4.69, 9.17) is 9.72 Å². The largest absolute Gasteiger partial charge is 0.479 e. The first-order valence-electron chi connectivity index (χ1n) is 9.52. The Hall–Kier alpha value is -2.11. The zero-order valence-electron chi connectivity index (χ0n) is 18.3. The van der Waals surface area contributed by atoms with Crippen molar-refractivity contribution in [1.82, 2.24) is 20.1 Å². The Balaban J connectivity index is 2.18. The van der Waals surface area contributed by atoms with Gasteiger partial charge in [-0.05, 0) is 57.1 Å². The fourth-order valence-electron chi connectivity index (χ4n) is 4.16. The molecule has 150 valence electrons. The lowest BCUT2D eigenvalue weighted by molar-refractivity contribution is -0.122. The molecule has 0 aliphatic carbocycles. The third-order valence-electron chi connectivity index (χ3n) is 4.77. The minimum atomic E-state index is -0.228. The number of hydrogen-bond acceptors (Lipinski definition) is 4. The molecule has 0 radical (unpaired) electrons. The molecule has 6 heteroatoms. The van der Waals surface area contributed by atoms with Crippen LogP contribution in [-0.4, -0.2) is 33.3 Å². The third kappa shape index (κ3) is 4.99. The number of aromatic nitrogens is 3. The summed E-state index contributed by atoms with van der Waals surface area (Å²) in [5.41, 5.74) is 3.86. The maximum atomic E-state index is 12.6. The summed E-state index contributed by atoms with van der Waals surface area (Å²) in [6.07, 6.45) is 2.01. The number of nitrogens with one attached hydrogen (secondary N) is 1. The van der Waals surface area contributed by atoms with Crippen LogP contribution in [0.5, 0.6) is 5.88 Å². The zero-order chi connectivity index (χ0) is 20.6. The SMILES string of the molecule is COc1nn(C)c2nc(C)c(CCC(=O)NC(C)(C)CC(C)(C)C)c(C)c12. The van der Waals surface area contributed by atoms with Gasteiger partial charge in [0.25, 0.3) is 0 Å². The Bertz CT molecular complexity index is 844. The summed E-state index contributed by atoms with van der Waals surface area (Å²) in [4.78, 5) is 17.3. The maximum Gasteiger partial charge on any atom is 0.242 e. The van der Waals surface area contributed by atoms with Crippen molar-refractivity contribution in [2.24, 2.45) is 12.5 Å². The number of nitrogens with zero attached hydrogens (tertiary/aromatic N) is 3. The second-order valence-electron chi connectivity index (χ2n) is 9.30. The molecule has 0 saturated carbocycles. The summed E-state index contributed by atoms with van der Waals surface area (Å²) < 4.78 is 7.15. The Labute approximate surface area is 162 Å². The number of aryl methyl sites for hydroxylation is 3. The lowest BCUT2D eigenvalue weighted by atomic mass is 9.81. The van der Waals surface area contributed by atoms with Crippen LogP contribution in [0.1, 0.15) is 64.3 Å². The van der Waals surface area contributed by atoms with E-state index in [1.165, 1.54) is 0 Å². The van der Waals surface area contributed by atoms with Gasteiger partial charge in [0.05, 0.1) is 12.5 Å². The first-order chi connectivity index (χ1) is 12.3. The lowest BCUT2D eigenvalue weighted by Crippen LogP contribution is -2.45. The van der Waals surface area contributed by atoms with E-state index in [-0.39, 0.29) is 16.9 Å². The number of methoxy groups -OCH3 is 1. The summed E-state index contributed by atoms with van der Waals surface area (Å²) in [7, 11) is 3.48. The molecular formula is C21H34N4O2. The summed E-state index contributed by atoms with van der Waals surface area (Å²) in [5.74, 6) is 0.649. The molecule has 27 heavy (non-hydrogen) atoms. The minimum absolute atomic E-state index is 0.0706. The van der Waals surface area contributed by atoms with Crippen molar-refractivity contribution >= 4 is 16.9 Å². The molecule has 0 atom stereocenters. The molecule has 0 bridgehead atoms. The highest BCUT2D eigenvalue weighted by Crippen LogP contribution is 2.31. The monoisotopic (exact) mass is 374 g/mol. The molecule has 0 saturated heterocycles. The van der Waals surface area contributed by atoms with Gasteiger partial charge < -0.3 is 10.1 Å². The van der Waals surface area contributed by atoms with E-state index in [2.05, 4.69) is 52.0 Å². The summed E-state index contributed by atoms with van der Waals surface area (Å²) >= 11 is 0. The number of fused-ring (bicyclic) bond motifs is 1. The Morgan fingerprint density at radius 3 is 2.37 bits per heavy atom. The van der Waals surface area contributed by atoms with Crippen LogP contribution in [0.3, 0.4) is 0 Å². The van der Waals surface area contributed by atoms with Crippen molar-refractivity contribution in [3.63, 3.8) is 0 Å². The molecule has 0 aliphatic heterocycles. The molecule has 2 rings (SSSR count). The van der Waals surface area contributed by atoms with E-state index in [1.807, 2.05) is 14.0 Å². The van der Waals surface area contributed by atoms with Gasteiger partial charge in [-0.15, -0.1) is 5.10 Å². The van der Waals surface area contributed by atoms with E-state index in [9.17, 15) is 4.79 Å². The molecule has 0 fully saturated rings. The van der Waals surface area contributed by atoms with Gasteiger partial charge in [0.1, 0.15) is 0 Å². The highest BCUT2D eigenvalue weighted by Gasteiger charge is 2.27. The van der Waals surface area contributed by atoms with Gasteiger partial charge >= 0.3 is 0 Å². The number of amides is 1. The first-order valence-corrected chi connectivity index (χ1v) is 9.52. The molecule has 0 aliphatic rings. The van der Waals surface area contributed by atoms with Gasteiger partial charge in [-0.1, -0.05) is 20.8 Å². The quantitative estimate of drug-likeness (QED) is 0.834. The van der Waals surface area contributed by atoms with E-state index < -0.39 is 0 Å². The standard InChI is InChI=1S/C21H34N4O2/c1-13-15(10-11-16(26)23-21(6,7)12-20(3,4)5)14(2)22-18-17(13)19(27-9)24-25(18)8/h10-12H2,1-9H3,(H,23,26). The van der Waals surface area contributed by atoms with Crippen LogP contribution in [0.4, 0.5) is 0 Å². The molecule has 6 nitrogen and oxygen atoms in total. The number of pyridine rings is 1. The highest BCUT2D eigenvalue weighted by atomic mass is 16.5. The Kier molecular flexibility index (Phi) is 5.88. The fourth-order valence-corrected chi connectivity index (χ4v) is 4.16. The molecule has 0 aromatic carbocycles. The second-order valence-corrected chi connectivity index (χ2v) is 9.30. The molecule has 2 aromatic rings. The summed E-state index contributed by atoms with van der Waals surface area (Å²) in [5, 5.41) is 8.49. The van der Waals surface area contributed by atoms with Crippen LogP contribution in [0, 0.1) is 19.3 Å². The van der Waals surface area contributed by atoms with Crippen LogP contribution >= 0.6 is 0 Å². The van der Waals surface area contributed by atoms with Crippen molar-refractivity contribution in [2.75, 3.05) is 7.11 Å². The summed E-state index contributed by atoms with van der Waals surface area (Å²) in [6.45, 7) is 14.8. The topological polar surface area (TPSA) is 69.0 Å². The number of carbonyl (C=O) groups excluding carboxylic acids is 1. The van der Waals surface area contributed by atoms with Crippen LogP contribution < -0.4 is 10.1 Å². The van der Waals surface area contributed by atoms with Crippen LogP contribution in [0.25, 0.3) is 11.0 Å². The maximum absolute atomic E-state index is 12.6. The second kappa shape index (κ2) is 7.49. The molecule has 0 unspecified atom stereocenters. The predicted molar refractivity (Wildman–Crippen MR) is 109 cm³/mol. The van der Waals surface area contributed by atoms with Crippen LogP contribution in [0.15, 0.2) is 0 Å². The van der Waals surface area contributed by atoms with E-state index in [1.54, 1.807) is 11.8 Å². The number of ether oxygens (including phenoxy) is 1. The van der Waals surface area contributed by atoms with Gasteiger partial charge in [-0.25, -0.2) is 9.67 Å². The fraction of sp³-hybridized carbons (Fsp3) is 0.667. The average Bonchev–Trinajstić information content (AvgIpc) is 2.80. The van der Waals surface area contributed by atoms with Gasteiger partial charge in [0.15, 0.2) is 5.65 Å². The first kappa shape index (κ1) is 21.2. The van der Waals surface area contributed by atoms with Crippen LogP contribution in [0.2, 0.25) is 0 Å². The smallest absolute Gasteiger partial charge is 0.242 e. The van der Waals surface area contributed by atoms with E-state index in [0.717, 1.165) is 34.3 Å². The average molecular weight is 375 g/mol. The van der Waals surface area contributed by atoms with Gasteiger partial charge in [0.2, 0.25) is 11.8 Å². The molecular weight excluding hydrogens is 340 g/mol. The van der Waals surface area contributed by atoms with Gasteiger partial charge in [0, 0.05) is 24.7 Å². The molecule has 2 heterocycles. The Morgan fingerprint density at radius 1 is 1.19 bits per heavy atom. The van der Waals surface area contributed by atoms with Crippen molar-refractivity contribution in [1.29, 1.82) is 0 Å². The van der Waals surface area contributed by atoms with Crippen molar-refractivity contribution in [3.05, 3.63) is 16.8 Å². The molecule has 1 N–H and O–H groups in total. The normalized spacial score (nSPS) is 12.5. The molecule has 1 amide bonds. The van der Waals surface area contributed by atoms with Crippen molar-refractivity contribution in [3.8, 4) is 5.88 Å². The van der Waals surface area contributed by atoms with Crippen molar-refractivity contribution in [2.45, 2.75) is 73.3 Å². The zero-order valence-corrected chi connectivity index (χ0v) is 18.3. The third-order valence-corrected chi connectivity index (χ3v) is 4.77. The summed E-state index contributed by atoms with van der Waals surface area (Å²) in [6, 6.07) is 0. The minimum Gasteiger partial charge on any atom is -0.479 e. The van der Waals surface area contributed by atoms with Crippen molar-refractivity contribution < 1.29 is 9.53 Å².